The van der Waals surface area contributed by atoms with Crippen LogP contribution in [0.5, 0.6) is 11.5 Å². The topological polar surface area (TPSA) is 55.8 Å². The molecule has 0 unspecified atom stereocenters. The Morgan fingerprint density at radius 3 is 2.00 bits per heavy atom. The number of rotatable bonds is 5. The van der Waals surface area contributed by atoms with Gasteiger partial charge >= 0.3 is 0 Å². The zero-order valence-corrected chi connectivity index (χ0v) is 13.1. The average Bonchev–Trinajstić information content (AvgIpc) is 2.45. The highest BCUT2D eigenvalue weighted by Gasteiger charge is 2.36. The molecular weight excluding hydrogens is 278 g/mol. The van der Waals surface area contributed by atoms with E-state index < -0.39 is 15.6 Å². The Morgan fingerprint density at radius 1 is 1.20 bits per heavy atom. The maximum Gasteiger partial charge on any atom is 0.251 e. The molecule has 0 spiro atoms. The number of hydrogen-bond acceptors (Lipinski definition) is 4. The van der Waals surface area contributed by atoms with Gasteiger partial charge in [-0.3, -0.25) is 0 Å². The van der Waals surface area contributed by atoms with E-state index in [0.717, 1.165) is 4.31 Å². The molecule has 110 valence electrons. The number of sulfonamides is 1. The van der Waals surface area contributed by atoms with Crippen molar-refractivity contribution in [2.45, 2.75) is 24.3 Å². The fraction of sp³-hybridized carbons (Fsp3) is 0.429. The smallest absolute Gasteiger partial charge is 0.251 e. The monoisotopic (exact) mass is 297 g/mol. The van der Waals surface area contributed by atoms with Crippen molar-refractivity contribution in [3.05, 3.63) is 18.2 Å². The largest absolute Gasteiger partial charge is 0.495 e. The van der Waals surface area contributed by atoms with E-state index in [2.05, 4.69) is 5.92 Å². The SMILES string of the molecule is C#CC(C)(C)N(C)S(=O)(=O)c1c(OC)cccc1OC. The molecule has 0 fully saturated rings. The quantitative estimate of drug-likeness (QED) is 0.777. The van der Waals surface area contributed by atoms with Crippen LogP contribution in [0.4, 0.5) is 0 Å². The van der Waals surface area contributed by atoms with Gasteiger partial charge in [0.25, 0.3) is 10.0 Å². The Morgan fingerprint density at radius 2 is 1.65 bits per heavy atom. The summed E-state index contributed by atoms with van der Waals surface area (Å²) in [6.07, 6.45) is 5.40. The van der Waals surface area contributed by atoms with Gasteiger partial charge in [0.05, 0.1) is 19.8 Å². The minimum atomic E-state index is -3.85. The van der Waals surface area contributed by atoms with Crippen LogP contribution in [-0.4, -0.2) is 39.5 Å². The van der Waals surface area contributed by atoms with Gasteiger partial charge in [-0.25, -0.2) is 8.42 Å². The summed E-state index contributed by atoms with van der Waals surface area (Å²) in [5.74, 6) is 2.88. The minimum Gasteiger partial charge on any atom is -0.495 e. The zero-order chi connectivity index (χ0) is 15.6. The molecule has 0 bridgehead atoms. The summed E-state index contributed by atoms with van der Waals surface area (Å²) in [6, 6.07) is 4.78. The molecule has 1 rings (SSSR count). The lowest BCUT2D eigenvalue weighted by Crippen LogP contribution is -2.43. The van der Waals surface area contributed by atoms with Crippen molar-refractivity contribution in [1.82, 2.24) is 4.31 Å². The molecule has 0 aliphatic carbocycles. The number of terminal acetylenes is 1. The van der Waals surface area contributed by atoms with Gasteiger partial charge in [-0.2, -0.15) is 4.31 Å². The summed E-state index contributed by atoms with van der Waals surface area (Å²) in [5, 5.41) is 0. The summed E-state index contributed by atoms with van der Waals surface area (Å²) in [6.45, 7) is 3.29. The predicted octanol–water partition coefficient (Wildman–Crippen LogP) is 1.74. The molecule has 0 aromatic heterocycles. The van der Waals surface area contributed by atoms with Crippen LogP contribution >= 0.6 is 0 Å². The van der Waals surface area contributed by atoms with Crippen molar-refractivity contribution in [3.8, 4) is 23.8 Å². The second kappa shape index (κ2) is 5.73. The Balaban J connectivity index is 3.55. The van der Waals surface area contributed by atoms with Crippen LogP contribution in [0.3, 0.4) is 0 Å². The first kappa shape index (κ1) is 16.3. The molecular formula is C14H19NO4S. The van der Waals surface area contributed by atoms with E-state index in [1.165, 1.54) is 21.3 Å². The minimum absolute atomic E-state index is 0.0316. The molecule has 6 heteroatoms. The van der Waals surface area contributed by atoms with Gasteiger partial charge in [0.2, 0.25) is 0 Å². The van der Waals surface area contributed by atoms with Gasteiger partial charge in [0.1, 0.15) is 11.5 Å². The van der Waals surface area contributed by atoms with Crippen LogP contribution in [0.2, 0.25) is 0 Å². The number of hydrogen-bond donors (Lipinski definition) is 0. The molecule has 0 heterocycles. The predicted molar refractivity (Wildman–Crippen MR) is 77.4 cm³/mol. The van der Waals surface area contributed by atoms with Crippen molar-refractivity contribution in [3.63, 3.8) is 0 Å². The Kier molecular flexibility index (Phi) is 4.69. The van der Waals surface area contributed by atoms with E-state index >= 15 is 0 Å². The molecule has 0 N–H and O–H groups in total. The van der Waals surface area contributed by atoms with Gasteiger partial charge in [0, 0.05) is 7.05 Å². The van der Waals surface area contributed by atoms with E-state index in [-0.39, 0.29) is 16.4 Å². The van der Waals surface area contributed by atoms with Gasteiger partial charge in [-0.05, 0) is 26.0 Å². The summed E-state index contributed by atoms with van der Waals surface area (Å²) < 4.78 is 36.9. The molecule has 0 aliphatic rings. The van der Waals surface area contributed by atoms with Crippen molar-refractivity contribution in [2.24, 2.45) is 0 Å². The molecule has 5 nitrogen and oxygen atoms in total. The lowest BCUT2D eigenvalue weighted by molar-refractivity contribution is 0.330. The van der Waals surface area contributed by atoms with Crippen LogP contribution in [0.15, 0.2) is 23.1 Å². The van der Waals surface area contributed by atoms with Crippen LogP contribution in [0.25, 0.3) is 0 Å². The number of methoxy groups -OCH3 is 2. The summed E-state index contributed by atoms with van der Waals surface area (Å²) in [7, 11) is 0.384. The highest BCUT2D eigenvalue weighted by molar-refractivity contribution is 7.89. The van der Waals surface area contributed by atoms with Crippen molar-refractivity contribution >= 4 is 10.0 Å². The first-order valence-corrected chi connectivity index (χ1v) is 7.34. The first-order chi connectivity index (χ1) is 9.22. The summed E-state index contributed by atoms with van der Waals surface area (Å²) in [5.41, 5.74) is -0.968. The molecule has 1 aromatic carbocycles. The third kappa shape index (κ3) is 2.74. The van der Waals surface area contributed by atoms with Crippen molar-refractivity contribution in [1.29, 1.82) is 0 Å². The highest BCUT2D eigenvalue weighted by Crippen LogP contribution is 2.36. The molecule has 0 atom stereocenters. The van der Waals surface area contributed by atoms with Gasteiger partial charge in [-0.15, -0.1) is 6.42 Å². The number of nitrogens with zero attached hydrogens (tertiary/aromatic N) is 1. The van der Waals surface area contributed by atoms with E-state index in [1.807, 2.05) is 0 Å². The number of benzene rings is 1. The van der Waals surface area contributed by atoms with Crippen LogP contribution in [0, 0.1) is 12.3 Å². The summed E-state index contributed by atoms with van der Waals surface area (Å²) >= 11 is 0. The first-order valence-electron chi connectivity index (χ1n) is 5.90. The molecule has 0 radical (unpaired) electrons. The highest BCUT2D eigenvalue weighted by atomic mass is 32.2. The molecule has 0 aliphatic heterocycles. The average molecular weight is 297 g/mol. The van der Waals surface area contributed by atoms with Crippen LogP contribution in [-0.2, 0) is 10.0 Å². The fourth-order valence-corrected chi connectivity index (χ4v) is 3.34. The lowest BCUT2D eigenvalue weighted by atomic mass is 10.1. The van der Waals surface area contributed by atoms with Crippen LogP contribution in [0.1, 0.15) is 13.8 Å². The molecule has 0 saturated carbocycles. The Bertz CT molecular complexity index is 607. The zero-order valence-electron chi connectivity index (χ0n) is 12.3. The van der Waals surface area contributed by atoms with E-state index in [9.17, 15) is 8.42 Å². The maximum atomic E-state index is 12.8. The standard InChI is InChI=1S/C14H19NO4S/c1-7-14(2,3)15(4)20(16,17)13-11(18-5)9-8-10-12(13)19-6/h1,8-10H,2-6H3. The molecule has 20 heavy (non-hydrogen) atoms. The maximum absolute atomic E-state index is 12.8. The normalized spacial score (nSPS) is 12.1. The van der Waals surface area contributed by atoms with E-state index in [0.29, 0.717) is 0 Å². The second-order valence-corrected chi connectivity index (χ2v) is 6.57. The summed E-state index contributed by atoms with van der Waals surface area (Å²) in [4.78, 5) is -0.0316. The third-order valence-electron chi connectivity index (χ3n) is 3.14. The Hall–Kier alpha value is -1.71. The molecule has 0 amide bonds. The lowest BCUT2D eigenvalue weighted by Gasteiger charge is -2.30. The van der Waals surface area contributed by atoms with Gasteiger partial charge in [0.15, 0.2) is 4.90 Å². The van der Waals surface area contributed by atoms with Gasteiger partial charge in [-0.1, -0.05) is 12.0 Å². The molecule has 1 aromatic rings. The van der Waals surface area contributed by atoms with Crippen molar-refractivity contribution in [2.75, 3.05) is 21.3 Å². The third-order valence-corrected chi connectivity index (χ3v) is 5.24. The van der Waals surface area contributed by atoms with Crippen LogP contribution < -0.4 is 9.47 Å². The Labute approximate surface area is 120 Å². The van der Waals surface area contributed by atoms with Gasteiger partial charge < -0.3 is 9.47 Å². The van der Waals surface area contributed by atoms with Crippen molar-refractivity contribution < 1.29 is 17.9 Å². The van der Waals surface area contributed by atoms with E-state index in [1.54, 1.807) is 32.0 Å². The number of ether oxygens (including phenoxy) is 2. The second-order valence-electron chi connectivity index (χ2n) is 4.67. The molecule has 0 saturated heterocycles. The van der Waals surface area contributed by atoms with E-state index in [4.69, 9.17) is 15.9 Å². The fourth-order valence-electron chi connectivity index (χ4n) is 1.60.